The Kier molecular flexibility index (Phi) is 5.09. The molecule has 0 saturated carbocycles. The van der Waals surface area contributed by atoms with Crippen molar-refractivity contribution in [3.05, 3.63) is 12.2 Å². The minimum Gasteiger partial charge on any atom is -0.371 e. The van der Waals surface area contributed by atoms with Crippen LogP contribution in [0, 0.1) is 0 Å². The summed E-state index contributed by atoms with van der Waals surface area (Å²) in [7, 11) is 0. The fourth-order valence-corrected chi connectivity index (χ4v) is 1.56. The highest BCUT2D eigenvalue weighted by atomic mass is 16.5. The molecule has 2 unspecified atom stereocenters. The number of nitrogens with one attached hydrogen (secondary N) is 1. The van der Waals surface area contributed by atoms with E-state index in [-0.39, 0.29) is 0 Å². The van der Waals surface area contributed by atoms with Gasteiger partial charge in [0.15, 0.2) is 0 Å². The van der Waals surface area contributed by atoms with E-state index in [9.17, 15) is 0 Å². The SMILES string of the molecule is CCCNC/C=C/C1CCC(C)O1. The molecule has 1 aliphatic rings. The third kappa shape index (κ3) is 4.44. The topological polar surface area (TPSA) is 21.3 Å². The quantitative estimate of drug-likeness (QED) is 0.520. The van der Waals surface area contributed by atoms with Gasteiger partial charge >= 0.3 is 0 Å². The molecule has 1 rings (SSSR count). The average molecular weight is 183 g/mol. The Labute approximate surface area is 81.4 Å². The first-order chi connectivity index (χ1) is 6.33. The Morgan fingerprint density at radius 2 is 2.31 bits per heavy atom. The monoisotopic (exact) mass is 183 g/mol. The zero-order valence-corrected chi connectivity index (χ0v) is 8.75. The van der Waals surface area contributed by atoms with Crippen molar-refractivity contribution in [1.82, 2.24) is 5.32 Å². The molecule has 1 fully saturated rings. The van der Waals surface area contributed by atoms with Crippen molar-refractivity contribution in [2.75, 3.05) is 13.1 Å². The van der Waals surface area contributed by atoms with Gasteiger partial charge in [-0.2, -0.15) is 0 Å². The van der Waals surface area contributed by atoms with Crippen LogP contribution in [0.1, 0.15) is 33.1 Å². The summed E-state index contributed by atoms with van der Waals surface area (Å²) >= 11 is 0. The normalized spacial score (nSPS) is 28.8. The van der Waals surface area contributed by atoms with Gasteiger partial charge in [-0.3, -0.25) is 0 Å². The predicted octanol–water partition coefficient (Wildman–Crippen LogP) is 2.11. The molecule has 0 aromatic heterocycles. The number of rotatable bonds is 5. The molecule has 0 aromatic rings. The average Bonchev–Trinajstić information content (AvgIpc) is 2.51. The smallest absolute Gasteiger partial charge is 0.0760 e. The molecule has 1 N–H and O–H groups in total. The van der Waals surface area contributed by atoms with Gasteiger partial charge in [0.1, 0.15) is 0 Å². The standard InChI is InChI=1S/C11H21NO/c1-3-8-12-9-4-5-11-7-6-10(2)13-11/h4-5,10-12H,3,6-9H2,1-2H3/b5-4+. The van der Waals surface area contributed by atoms with Crippen LogP contribution in [0.3, 0.4) is 0 Å². The van der Waals surface area contributed by atoms with E-state index in [1.165, 1.54) is 19.3 Å². The minimum atomic E-state index is 0.374. The highest BCUT2D eigenvalue weighted by Gasteiger charge is 2.18. The first-order valence-corrected chi connectivity index (χ1v) is 5.35. The molecule has 2 atom stereocenters. The van der Waals surface area contributed by atoms with Gasteiger partial charge in [0.05, 0.1) is 12.2 Å². The Hall–Kier alpha value is -0.340. The van der Waals surface area contributed by atoms with Crippen molar-refractivity contribution in [3.63, 3.8) is 0 Å². The van der Waals surface area contributed by atoms with Crippen molar-refractivity contribution >= 4 is 0 Å². The van der Waals surface area contributed by atoms with E-state index in [0.717, 1.165) is 13.1 Å². The van der Waals surface area contributed by atoms with Gasteiger partial charge < -0.3 is 10.1 Å². The molecule has 0 bridgehead atoms. The Bertz CT molecular complexity index is 156. The minimum absolute atomic E-state index is 0.374. The van der Waals surface area contributed by atoms with Gasteiger partial charge in [-0.15, -0.1) is 0 Å². The first kappa shape index (κ1) is 10.7. The maximum atomic E-state index is 5.65. The molecule has 1 saturated heterocycles. The summed E-state index contributed by atoms with van der Waals surface area (Å²) in [5, 5.41) is 3.33. The third-order valence-electron chi connectivity index (χ3n) is 2.30. The van der Waals surface area contributed by atoms with Gasteiger partial charge in [-0.1, -0.05) is 19.1 Å². The fraction of sp³-hybridized carbons (Fsp3) is 0.818. The van der Waals surface area contributed by atoms with Crippen LogP contribution in [0.25, 0.3) is 0 Å². The number of hydrogen-bond donors (Lipinski definition) is 1. The molecule has 0 amide bonds. The molecule has 0 spiro atoms. The Morgan fingerprint density at radius 3 is 2.92 bits per heavy atom. The summed E-state index contributed by atoms with van der Waals surface area (Å²) in [6.45, 7) is 6.40. The number of hydrogen-bond acceptors (Lipinski definition) is 2. The highest BCUT2D eigenvalue weighted by Crippen LogP contribution is 2.19. The van der Waals surface area contributed by atoms with E-state index in [4.69, 9.17) is 4.74 Å². The molecular weight excluding hydrogens is 162 g/mol. The van der Waals surface area contributed by atoms with Crippen LogP contribution in [0.5, 0.6) is 0 Å². The molecule has 76 valence electrons. The summed E-state index contributed by atoms with van der Waals surface area (Å²) < 4.78 is 5.65. The molecule has 2 nitrogen and oxygen atoms in total. The summed E-state index contributed by atoms with van der Waals surface area (Å²) in [4.78, 5) is 0. The summed E-state index contributed by atoms with van der Waals surface area (Å²) in [5.41, 5.74) is 0. The van der Waals surface area contributed by atoms with Gasteiger partial charge in [-0.05, 0) is 32.7 Å². The lowest BCUT2D eigenvalue weighted by Crippen LogP contribution is -2.14. The number of ether oxygens (including phenoxy) is 1. The summed E-state index contributed by atoms with van der Waals surface area (Å²) in [6, 6.07) is 0. The van der Waals surface area contributed by atoms with Gasteiger partial charge in [-0.25, -0.2) is 0 Å². The Morgan fingerprint density at radius 1 is 1.46 bits per heavy atom. The summed E-state index contributed by atoms with van der Waals surface area (Å²) in [5.74, 6) is 0. The molecule has 0 aliphatic carbocycles. The van der Waals surface area contributed by atoms with Crippen molar-refractivity contribution in [2.45, 2.75) is 45.3 Å². The van der Waals surface area contributed by atoms with Crippen molar-refractivity contribution in [3.8, 4) is 0 Å². The molecular formula is C11H21NO. The fourth-order valence-electron chi connectivity index (χ4n) is 1.56. The molecule has 0 aromatic carbocycles. The largest absolute Gasteiger partial charge is 0.371 e. The first-order valence-electron chi connectivity index (χ1n) is 5.35. The van der Waals surface area contributed by atoms with E-state index in [1.54, 1.807) is 0 Å². The lowest BCUT2D eigenvalue weighted by atomic mass is 10.2. The molecule has 1 aliphatic heterocycles. The van der Waals surface area contributed by atoms with Crippen LogP contribution < -0.4 is 5.32 Å². The lowest BCUT2D eigenvalue weighted by molar-refractivity contribution is 0.0832. The van der Waals surface area contributed by atoms with Crippen molar-refractivity contribution in [2.24, 2.45) is 0 Å². The highest BCUT2D eigenvalue weighted by molar-refractivity contribution is 4.93. The summed E-state index contributed by atoms with van der Waals surface area (Å²) in [6.07, 6.45) is 8.79. The van der Waals surface area contributed by atoms with Crippen LogP contribution in [-0.2, 0) is 4.74 Å². The van der Waals surface area contributed by atoms with E-state index in [0.29, 0.717) is 12.2 Å². The zero-order valence-electron chi connectivity index (χ0n) is 8.75. The van der Waals surface area contributed by atoms with E-state index in [2.05, 4.69) is 31.3 Å². The molecule has 13 heavy (non-hydrogen) atoms. The second kappa shape index (κ2) is 6.17. The maximum Gasteiger partial charge on any atom is 0.0760 e. The van der Waals surface area contributed by atoms with E-state index in [1.807, 2.05) is 0 Å². The molecule has 2 heteroatoms. The third-order valence-corrected chi connectivity index (χ3v) is 2.30. The van der Waals surface area contributed by atoms with E-state index < -0.39 is 0 Å². The molecule has 0 radical (unpaired) electrons. The van der Waals surface area contributed by atoms with Crippen LogP contribution >= 0.6 is 0 Å². The Balaban J connectivity index is 2.03. The van der Waals surface area contributed by atoms with Gasteiger partial charge in [0.2, 0.25) is 0 Å². The van der Waals surface area contributed by atoms with Crippen LogP contribution in [0.2, 0.25) is 0 Å². The second-order valence-corrected chi connectivity index (χ2v) is 3.69. The lowest BCUT2D eigenvalue weighted by Gasteiger charge is -2.05. The predicted molar refractivity (Wildman–Crippen MR) is 55.9 cm³/mol. The van der Waals surface area contributed by atoms with Crippen molar-refractivity contribution < 1.29 is 4.74 Å². The van der Waals surface area contributed by atoms with Gasteiger partial charge in [0, 0.05) is 6.54 Å². The van der Waals surface area contributed by atoms with E-state index >= 15 is 0 Å². The second-order valence-electron chi connectivity index (χ2n) is 3.69. The van der Waals surface area contributed by atoms with Crippen molar-refractivity contribution in [1.29, 1.82) is 0 Å². The molecule has 1 heterocycles. The van der Waals surface area contributed by atoms with Crippen LogP contribution in [0.15, 0.2) is 12.2 Å². The van der Waals surface area contributed by atoms with Crippen LogP contribution in [-0.4, -0.2) is 25.3 Å². The van der Waals surface area contributed by atoms with Gasteiger partial charge in [0.25, 0.3) is 0 Å². The maximum absolute atomic E-state index is 5.65. The van der Waals surface area contributed by atoms with Crippen LogP contribution in [0.4, 0.5) is 0 Å². The zero-order chi connectivity index (χ0) is 9.52.